The average Bonchev–Trinajstić information content (AvgIpc) is 2.96. The maximum atomic E-state index is 13.3. The Kier molecular flexibility index (Phi) is 8.66. The van der Waals surface area contributed by atoms with Crippen LogP contribution in [0.25, 0.3) is 6.08 Å². The molecule has 1 heterocycles. The molecule has 1 fully saturated rings. The molecule has 41 heavy (non-hydrogen) atoms. The van der Waals surface area contributed by atoms with Gasteiger partial charge in [-0.1, -0.05) is 64.0 Å². The van der Waals surface area contributed by atoms with E-state index in [-0.39, 0.29) is 5.57 Å². The van der Waals surface area contributed by atoms with Crippen LogP contribution in [0.2, 0.25) is 0 Å². The van der Waals surface area contributed by atoms with Crippen LogP contribution in [0.1, 0.15) is 22.3 Å². The molecule has 0 radical (unpaired) electrons. The first-order valence-corrected chi connectivity index (χ1v) is 14.2. The number of benzene rings is 4. The van der Waals surface area contributed by atoms with Crippen LogP contribution in [0.4, 0.5) is 10.5 Å². The number of nitrogens with one attached hydrogen (secondary N) is 1. The van der Waals surface area contributed by atoms with Crippen LogP contribution in [0.3, 0.4) is 0 Å². The first kappa shape index (κ1) is 28.3. The largest absolute Gasteiger partial charge is 0.489 e. The zero-order valence-electron chi connectivity index (χ0n) is 21.9. The number of carbonyl (C=O) groups excluding carboxylic acids is 3. The van der Waals surface area contributed by atoms with E-state index >= 15 is 0 Å². The molecule has 0 aromatic heterocycles. The van der Waals surface area contributed by atoms with Gasteiger partial charge in [0.25, 0.3) is 11.8 Å². The van der Waals surface area contributed by atoms with Crippen LogP contribution >= 0.6 is 31.9 Å². The number of imide groups is 2. The number of halogens is 2. The fourth-order valence-corrected chi connectivity index (χ4v) is 4.84. The SMILES string of the molecule is Cc1ccc(COc2ccc(N3C(=O)NC(=O)/C(=C\c4ccc(OCc5ccc(Br)cc5)c(Br)c4)C3=O)cc2)cc1. The molecular weight excluding hydrogens is 652 g/mol. The number of nitrogens with zero attached hydrogens (tertiary/aromatic N) is 1. The van der Waals surface area contributed by atoms with E-state index in [2.05, 4.69) is 37.2 Å². The lowest BCUT2D eigenvalue weighted by molar-refractivity contribution is -0.122. The fourth-order valence-electron chi connectivity index (χ4n) is 4.07. The van der Waals surface area contributed by atoms with E-state index < -0.39 is 17.8 Å². The van der Waals surface area contributed by atoms with Crippen LogP contribution in [-0.2, 0) is 22.8 Å². The lowest BCUT2D eigenvalue weighted by atomic mass is 10.1. The highest BCUT2D eigenvalue weighted by atomic mass is 79.9. The second kappa shape index (κ2) is 12.5. The van der Waals surface area contributed by atoms with Crippen molar-refractivity contribution in [1.82, 2.24) is 5.32 Å². The number of rotatable bonds is 8. The maximum Gasteiger partial charge on any atom is 0.335 e. The lowest BCUT2D eigenvalue weighted by Crippen LogP contribution is -2.54. The van der Waals surface area contributed by atoms with Crippen molar-refractivity contribution >= 4 is 61.5 Å². The van der Waals surface area contributed by atoms with E-state index in [1.54, 1.807) is 42.5 Å². The standard InChI is InChI=1S/C32H24Br2N2O5/c1-20-2-4-21(5-3-20)18-40-26-13-11-25(12-14-26)36-31(38)27(30(37)35-32(36)39)16-23-8-15-29(28(34)17-23)41-19-22-6-9-24(33)10-7-22/h2-17H,18-19H2,1H3,(H,35,37,39)/b27-16+. The van der Waals surface area contributed by atoms with Gasteiger partial charge in [0.05, 0.1) is 10.2 Å². The summed E-state index contributed by atoms with van der Waals surface area (Å²) in [6.45, 7) is 2.78. The normalized spacial score (nSPS) is 14.3. The summed E-state index contributed by atoms with van der Waals surface area (Å²) in [5, 5.41) is 2.25. The molecule has 4 aromatic carbocycles. The highest BCUT2D eigenvalue weighted by Gasteiger charge is 2.36. The molecule has 206 valence electrons. The summed E-state index contributed by atoms with van der Waals surface area (Å²) in [6.07, 6.45) is 1.44. The van der Waals surface area contributed by atoms with Gasteiger partial charge in [-0.15, -0.1) is 0 Å². The summed E-state index contributed by atoms with van der Waals surface area (Å²) in [5.41, 5.74) is 3.92. The average molecular weight is 676 g/mol. The van der Waals surface area contributed by atoms with Gasteiger partial charge in [-0.05, 0) is 94.2 Å². The van der Waals surface area contributed by atoms with Gasteiger partial charge < -0.3 is 9.47 Å². The molecule has 7 nitrogen and oxygen atoms in total. The number of aryl methyl sites for hydroxylation is 1. The van der Waals surface area contributed by atoms with E-state index in [4.69, 9.17) is 9.47 Å². The predicted octanol–water partition coefficient (Wildman–Crippen LogP) is 7.34. The molecule has 4 aromatic rings. The van der Waals surface area contributed by atoms with E-state index in [0.29, 0.717) is 40.4 Å². The smallest absolute Gasteiger partial charge is 0.335 e. The van der Waals surface area contributed by atoms with Gasteiger partial charge in [0.2, 0.25) is 0 Å². The lowest BCUT2D eigenvalue weighted by Gasteiger charge is -2.26. The molecule has 0 bridgehead atoms. The Balaban J connectivity index is 1.28. The van der Waals surface area contributed by atoms with E-state index in [1.807, 2.05) is 55.5 Å². The van der Waals surface area contributed by atoms with Crippen LogP contribution in [-0.4, -0.2) is 17.8 Å². The predicted molar refractivity (Wildman–Crippen MR) is 164 cm³/mol. The number of barbiturate groups is 1. The molecule has 0 saturated carbocycles. The second-order valence-electron chi connectivity index (χ2n) is 9.33. The zero-order chi connectivity index (χ0) is 28.9. The minimum Gasteiger partial charge on any atom is -0.489 e. The summed E-state index contributed by atoms with van der Waals surface area (Å²) in [7, 11) is 0. The summed E-state index contributed by atoms with van der Waals surface area (Å²) in [5.74, 6) is -0.297. The number of ether oxygens (including phenoxy) is 2. The van der Waals surface area contributed by atoms with Crippen molar-refractivity contribution in [3.05, 3.63) is 128 Å². The van der Waals surface area contributed by atoms with Crippen molar-refractivity contribution in [2.75, 3.05) is 4.90 Å². The first-order valence-electron chi connectivity index (χ1n) is 12.6. The molecule has 0 spiro atoms. The van der Waals surface area contributed by atoms with E-state index in [9.17, 15) is 14.4 Å². The van der Waals surface area contributed by atoms with Gasteiger partial charge in [-0.2, -0.15) is 0 Å². The summed E-state index contributed by atoms with van der Waals surface area (Å²) >= 11 is 6.91. The number of amides is 4. The monoisotopic (exact) mass is 674 g/mol. The Bertz CT molecular complexity index is 1630. The van der Waals surface area contributed by atoms with E-state index in [1.165, 1.54) is 11.6 Å². The van der Waals surface area contributed by atoms with Gasteiger partial charge in [-0.25, -0.2) is 9.69 Å². The molecule has 0 unspecified atom stereocenters. The third-order valence-corrected chi connectivity index (χ3v) is 7.45. The van der Waals surface area contributed by atoms with Crippen LogP contribution in [0.5, 0.6) is 11.5 Å². The molecule has 1 N–H and O–H groups in total. The molecular formula is C32H24Br2N2O5. The molecule has 9 heteroatoms. The number of anilines is 1. The zero-order valence-corrected chi connectivity index (χ0v) is 25.1. The van der Waals surface area contributed by atoms with E-state index in [0.717, 1.165) is 20.5 Å². The molecule has 1 aliphatic heterocycles. The molecule has 4 amide bonds. The van der Waals surface area contributed by atoms with Gasteiger partial charge >= 0.3 is 6.03 Å². The van der Waals surface area contributed by atoms with Gasteiger partial charge in [0.15, 0.2) is 0 Å². The molecule has 1 aliphatic rings. The van der Waals surface area contributed by atoms with Gasteiger partial charge in [-0.3, -0.25) is 14.9 Å². The second-order valence-corrected chi connectivity index (χ2v) is 11.1. The van der Waals surface area contributed by atoms with Crippen molar-refractivity contribution in [2.45, 2.75) is 20.1 Å². The highest BCUT2D eigenvalue weighted by Crippen LogP contribution is 2.29. The first-order chi connectivity index (χ1) is 19.8. The summed E-state index contributed by atoms with van der Waals surface area (Å²) in [6, 6.07) is 26.8. The third-order valence-electron chi connectivity index (χ3n) is 6.30. The van der Waals surface area contributed by atoms with Crippen LogP contribution in [0.15, 0.2) is 106 Å². The van der Waals surface area contributed by atoms with Crippen LogP contribution < -0.4 is 19.7 Å². The maximum absolute atomic E-state index is 13.3. The van der Waals surface area contributed by atoms with Crippen molar-refractivity contribution < 1.29 is 23.9 Å². The quantitative estimate of drug-likeness (QED) is 0.156. The number of urea groups is 1. The number of carbonyl (C=O) groups is 3. The van der Waals surface area contributed by atoms with Crippen molar-refractivity contribution in [3.8, 4) is 11.5 Å². The summed E-state index contributed by atoms with van der Waals surface area (Å²) < 4.78 is 13.4. The van der Waals surface area contributed by atoms with Crippen LogP contribution in [0, 0.1) is 6.92 Å². The molecule has 0 aliphatic carbocycles. The highest BCUT2D eigenvalue weighted by molar-refractivity contribution is 9.10. The molecule has 5 rings (SSSR count). The molecule has 0 atom stereocenters. The third kappa shape index (κ3) is 6.93. The number of hydrogen-bond acceptors (Lipinski definition) is 5. The van der Waals surface area contributed by atoms with Crippen molar-refractivity contribution in [3.63, 3.8) is 0 Å². The van der Waals surface area contributed by atoms with Crippen molar-refractivity contribution in [1.29, 1.82) is 0 Å². The number of hydrogen-bond donors (Lipinski definition) is 1. The van der Waals surface area contributed by atoms with Gasteiger partial charge in [0, 0.05) is 4.47 Å². The Hall–Kier alpha value is -4.21. The molecule has 1 saturated heterocycles. The fraction of sp³-hybridized carbons (Fsp3) is 0.0938. The Labute approximate surface area is 254 Å². The minimum atomic E-state index is -0.816. The Morgan fingerprint density at radius 1 is 0.780 bits per heavy atom. The minimum absolute atomic E-state index is 0.167. The summed E-state index contributed by atoms with van der Waals surface area (Å²) in [4.78, 5) is 39.5. The Morgan fingerprint density at radius 3 is 2.07 bits per heavy atom. The Morgan fingerprint density at radius 2 is 1.41 bits per heavy atom. The van der Waals surface area contributed by atoms with Crippen molar-refractivity contribution in [2.24, 2.45) is 0 Å². The van der Waals surface area contributed by atoms with Gasteiger partial charge in [0.1, 0.15) is 30.3 Å². The topological polar surface area (TPSA) is 84.9 Å².